The number of hydrogen-bond donors (Lipinski definition) is 1. The van der Waals surface area contributed by atoms with Gasteiger partial charge in [0.1, 0.15) is 0 Å². The van der Waals surface area contributed by atoms with Gasteiger partial charge in [-0.05, 0) is 37.5 Å². The van der Waals surface area contributed by atoms with E-state index in [1.807, 2.05) is 54.2 Å². The van der Waals surface area contributed by atoms with Crippen LogP contribution >= 0.6 is 11.3 Å². The van der Waals surface area contributed by atoms with E-state index in [9.17, 15) is 8.42 Å². The number of thiazole rings is 1. The molecular weight excluding hydrogens is 464 g/mol. The molecule has 2 heterocycles. The van der Waals surface area contributed by atoms with E-state index in [-0.39, 0.29) is 4.90 Å². The standard InChI is InChI=1S/C26H24N4O2S2/c1-18-7-11-21(12-8-18)34(31,32)30-23-15-26(24-16-33-17-27-24,19-5-3-2-4-6-19)14-13-22(23)25(29-30)28-20-9-10-20/h2-8,11-14,16-17,20H,9-10,15H2,1H3,(H,28,29). The van der Waals surface area contributed by atoms with Crippen molar-refractivity contribution in [1.29, 1.82) is 0 Å². The van der Waals surface area contributed by atoms with Crippen molar-refractivity contribution in [2.75, 3.05) is 5.32 Å². The molecule has 2 aliphatic rings. The van der Waals surface area contributed by atoms with Crippen LogP contribution in [0.15, 0.2) is 76.5 Å². The maximum absolute atomic E-state index is 13.8. The van der Waals surface area contributed by atoms with Crippen molar-refractivity contribution in [2.24, 2.45) is 0 Å². The fourth-order valence-corrected chi connectivity index (χ4v) is 6.52. The Balaban J connectivity index is 1.55. The fourth-order valence-electron chi connectivity index (χ4n) is 4.56. The molecule has 1 fully saturated rings. The van der Waals surface area contributed by atoms with Gasteiger partial charge in [-0.25, -0.2) is 4.98 Å². The Bertz CT molecular complexity index is 1470. The molecule has 2 aromatic carbocycles. The first-order valence-corrected chi connectivity index (χ1v) is 13.7. The lowest BCUT2D eigenvalue weighted by Gasteiger charge is -2.33. The van der Waals surface area contributed by atoms with Crippen LogP contribution < -0.4 is 5.32 Å². The summed E-state index contributed by atoms with van der Waals surface area (Å²) in [6.07, 6.45) is 6.76. The molecule has 0 aliphatic heterocycles. The Labute approximate surface area is 203 Å². The highest BCUT2D eigenvalue weighted by Gasteiger charge is 2.41. The zero-order valence-electron chi connectivity index (χ0n) is 18.7. The van der Waals surface area contributed by atoms with Gasteiger partial charge in [0, 0.05) is 23.4 Å². The summed E-state index contributed by atoms with van der Waals surface area (Å²) in [4.78, 5) is 4.89. The summed E-state index contributed by atoms with van der Waals surface area (Å²) < 4.78 is 28.8. The van der Waals surface area contributed by atoms with Gasteiger partial charge in [-0.15, -0.1) is 16.4 Å². The molecule has 0 bridgehead atoms. The lowest BCUT2D eigenvalue weighted by Crippen LogP contribution is -2.33. The monoisotopic (exact) mass is 488 g/mol. The molecule has 1 saturated carbocycles. The van der Waals surface area contributed by atoms with Crippen molar-refractivity contribution in [3.8, 4) is 0 Å². The number of nitrogens with one attached hydrogen (secondary N) is 1. The van der Waals surface area contributed by atoms with E-state index in [0.29, 0.717) is 24.0 Å². The number of nitrogens with zero attached hydrogens (tertiary/aromatic N) is 3. The van der Waals surface area contributed by atoms with Crippen LogP contribution in [0, 0.1) is 6.92 Å². The molecule has 1 N–H and O–H groups in total. The third kappa shape index (κ3) is 3.49. The average Bonchev–Trinajstić information content (AvgIpc) is 3.35. The fraction of sp³-hybridized carbons (Fsp3) is 0.231. The Morgan fingerprint density at radius 2 is 1.85 bits per heavy atom. The summed E-state index contributed by atoms with van der Waals surface area (Å²) in [6, 6.07) is 17.4. The van der Waals surface area contributed by atoms with Gasteiger partial charge in [-0.1, -0.05) is 60.2 Å². The number of benzene rings is 2. The third-order valence-corrected chi connectivity index (χ3v) is 8.82. The summed E-state index contributed by atoms with van der Waals surface area (Å²) in [5, 5.41) is 10.1. The summed E-state index contributed by atoms with van der Waals surface area (Å²) in [5.41, 5.74) is 5.73. The smallest absolute Gasteiger partial charge is 0.283 e. The van der Waals surface area contributed by atoms with Crippen molar-refractivity contribution >= 4 is 33.3 Å². The Morgan fingerprint density at radius 1 is 1.09 bits per heavy atom. The van der Waals surface area contributed by atoms with E-state index >= 15 is 0 Å². The van der Waals surface area contributed by atoms with E-state index in [1.165, 1.54) is 15.4 Å². The molecule has 0 saturated heterocycles. The molecule has 6 rings (SSSR count). The van der Waals surface area contributed by atoms with Crippen LogP contribution in [0.5, 0.6) is 0 Å². The second kappa shape index (κ2) is 7.92. The second-order valence-electron chi connectivity index (χ2n) is 9.01. The minimum absolute atomic E-state index is 0.231. The normalized spacial score (nSPS) is 19.7. The zero-order chi connectivity index (χ0) is 23.3. The number of rotatable bonds is 6. The van der Waals surface area contributed by atoms with Crippen molar-refractivity contribution in [2.45, 2.75) is 42.5 Å². The van der Waals surface area contributed by atoms with Crippen molar-refractivity contribution in [3.63, 3.8) is 0 Å². The van der Waals surface area contributed by atoms with Gasteiger partial charge in [-0.2, -0.15) is 12.5 Å². The van der Waals surface area contributed by atoms with Crippen LogP contribution in [0.2, 0.25) is 0 Å². The molecule has 1 atom stereocenters. The quantitative estimate of drug-likeness (QED) is 0.413. The number of fused-ring (bicyclic) bond motifs is 1. The minimum Gasteiger partial charge on any atom is -0.365 e. The summed E-state index contributed by atoms with van der Waals surface area (Å²) in [5.74, 6) is 0.629. The van der Waals surface area contributed by atoms with E-state index < -0.39 is 15.4 Å². The van der Waals surface area contributed by atoms with Crippen LogP contribution in [-0.4, -0.2) is 28.6 Å². The largest absolute Gasteiger partial charge is 0.365 e. The molecule has 34 heavy (non-hydrogen) atoms. The predicted molar refractivity (Wildman–Crippen MR) is 135 cm³/mol. The van der Waals surface area contributed by atoms with Gasteiger partial charge in [0.05, 0.1) is 27.2 Å². The molecule has 2 aliphatic carbocycles. The van der Waals surface area contributed by atoms with Gasteiger partial charge >= 0.3 is 0 Å². The van der Waals surface area contributed by atoms with Crippen LogP contribution in [0.3, 0.4) is 0 Å². The van der Waals surface area contributed by atoms with Gasteiger partial charge in [0.2, 0.25) is 0 Å². The third-order valence-electron chi connectivity index (χ3n) is 6.61. The SMILES string of the molecule is Cc1ccc(S(=O)(=O)n2nc(NC3CC3)c3c2CC(c2ccccc2)(c2cscn2)C=C3)cc1. The van der Waals surface area contributed by atoms with E-state index in [4.69, 9.17) is 0 Å². The number of anilines is 1. The summed E-state index contributed by atoms with van der Waals surface area (Å²) >= 11 is 1.54. The first-order chi connectivity index (χ1) is 16.5. The first-order valence-electron chi connectivity index (χ1n) is 11.3. The maximum Gasteiger partial charge on any atom is 0.283 e. The highest BCUT2D eigenvalue weighted by Crippen LogP contribution is 2.44. The molecule has 4 aromatic rings. The second-order valence-corrected chi connectivity index (χ2v) is 11.5. The molecule has 0 spiro atoms. The summed E-state index contributed by atoms with van der Waals surface area (Å²) in [6.45, 7) is 1.94. The number of allylic oxidation sites excluding steroid dienone is 1. The van der Waals surface area contributed by atoms with Crippen LogP contribution in [0.1, 0.15) is 40.9 Å². The molecular formula is C26H24N4O2S2. The molecule has 1 unspecified atom stereocenters. The lowest BCUT2D eigenvalue weighted by atomic mass is 9.71. The first kappa shape index (κ1) is 21.3. The van der Waals surface area contributed by atoms with E-state index in [1.54, 1.807) is 12.1 Å². The van der Waals surface area contributed by atoms with Crippen molar-refractivity contribution in [1.82, 2.24) is 14.2 Å². The van der Waals surface area contributed by atoms with E-state index in [0.717, 1.165) is 35.2 Å². The predicted octanol–water partition coefficient (Wildman–Crippen LogP) is 5.01. The zero-order valence-corrected chi connectivity index (χ0v) is 20.3. The molecule has 0 radical (unpaired) electrons. The van der Waals surface area contributed by atoms with Crippen LogP contribution in [-0.2, 0) is 21.9 Å². The van der Waals surface area contributed by atoms with Crippen molar-refractivity contribution in [3.05, 3.63) is 99.6 Å². The Morgan fingerprint density at radius 3 is 2.53 bits per heavy atom. The maximum atomic E-state index is 13.8. The number of hydrogen-bond acceptors (Lipinski definition) is 6. The molecule has 6 nitrogen and oxygen atoms in total. The van der Waals surface area contributed by atoms with Gasteiger partial charge in [0.15, 0.2) is 5.82 Å². The molecule has 172 valence electrons. The van der Waals surface area contributed by atoms with Gasteiger partial charge < -0.3 is 5.32 Å². The number of aryl methyl sites for hydroxylation is 1. The van der Waals surface area contributed by atoms with Crippen molar-refractivity contribution < 1.29 is 8.42 Å². The topological polar surface area (TPSA) is 76.9 Å². The van der Waals surface area contributed by atoms with Crippen LogP contribution in [0.25, 0.3) is 6.08 Å². The van der Waals surface area contributed by atoms with Crippen LogP contribution in [0.4, 0.5) is 5.82 Å². The molecule has 2 aromatic heterocycles. The summed E-state index contributed by atoms with van der Waals surface area (Å²) in [7, 11) is -3.88. The average molecular weight is 489 g/mol. The molecule has 0 amide bonds. The van der Waals surface area contributed by atoms with Gasteiger partial charge in [0.25, 0.3) is 10.0 Å². The highest BCUT2D eigenvalue weighted by molar-refractivity contribution is 7.89. The lowest BCUT2D eigenvalue weighted by molar-refractivity contribution is 0.561. The highest BCUT2D eigenvalue weighted by atomic mass is 32.2. The van der Waals surface area contributed by atoms with Gasteiger partial charge in [-0.3, -0.25) is 0 Å². The molecule has 8 heteroatoms. The van der Waals surface area contributed by atoms with E-state index in [2.05, 4.69) is 33.6 Å². The number of aromatic nitrogens is 3. The Kier molecular flexibility index (Phi) is 4.97. The minimum atomic E-state index is -3.88. The Hall–Kier alpha value is -3.23.